The van der Waals surface area contributed by atoms with Crippen molar-refractivity contribution < 1.29 is 9.13 Å². The highest BCUT2D eigenvalue weighted by atomic mass is 32.2. The van der Waals surface area contributed by atoms with E-state index in [1.54, 1.807) is 23.8 Å². The molecule has 6 heteroatoms. The molecule has 0 saturated carbocycles. The number of hydrogen-bond acceptors (Lipinski definition) is 4. The van der Waals surface area contributed by atoms with E-state index in [0.717, 1.165) is 5.56 Å². The Hall–Kier alpha value is -2.34. The zero-order valence-corrected chi connectivity index (χ0v) is 14.3. The molecular weight excluding hydrogens is 327 g/mol. The molecule has 4 nitrogen and oxygen atoms in total. The summed E-state index contributed by atoms with van der Waals surface area (Å²) >= 11 is 1.40. The second-order valence-corrected chi connectivity index (χ2v) is 6.15. The molecule has 3 rings (SSSR count). The van der Waals surface area contributed by atoms with E-state index in [0.29, 0.717) is 34.1 Å². The Morgan fingerprint density at radius 2 is 2.04 bits per heavy atom. The van der Waals surface area contributed by atoms with Gasteiger partial charge in [-0.05, 0) is 37.3 Å². The van der Waals surface area contributed by atoms with Crippen LogP contribution < -0.4 is 10.3 Å². The van der Waals surface area contributed by atoms with Gasteiger partial charge in [0, 0.05) is 17.9 Å². The minimum absolute atomic E-state index is 0.0585. The molecule has 24 heavy (non-hydrogen) atoms. The van der Waals surface area contributed by atoms with Gasteiger partial charge in [0.1, 0.15) is 11.6 Å². The normalized spacial score (nSPS) is 11.0. The van der Waals surface area contributed by atoms with E-state index in [1.807, 2.05) is 25.1 Å². The summed E-state index contributed by atoms with van der Waals surface area (Å²) in [6.07, 6.45) is 0. The van der Waals surface area contributed by atoms with E-state index in [9.17, 15) is 9.18 Å². The lowest BCUT2D eigenvalue weighted by molar-refractivity contribution is 0.410. The van der Waals surface area contributed by atoms with Crippen LogP contribution in [-0.2, 0) is 12.3 Å². The molecular formula is C18H17FN2O2S. The van der Waals surface area contributed by atoms with Crippen molar-refractivity contribution in [1.29, 1.82) is 0 Å². The fourth-order valence-electron chi connectivity index (χ4n) is 2.54. The van der Waals surface area contributed by atoms with Crippen LogP contribution in [0.2, 0.25) is 0 Å². The van der Waals surface area contributed by atoms with Crippen LogP contribution in [0.25, 0.3) is 10.9 Å². The lowest BCUT2D eigenvalue weighted by Crippen LogP contribution is -2.22. The van der Waals surface area contributed by atoms with Crippen molar-refractivity contribution in [3.63, 3.8) is 0 Å². The lowest BCUT2D eigenvalue weighted by atomic mass is 10.2. The molecule has 0 amide bonds. The number of methoxy groups -OCH3 is 1. The molecule has 0 atom stereocenters. The van der Waals surface area contributed by atoms with Gasteiger partial charge in [-0.2, -0.15) is 0 Å². The third-order valence-electron chi connectivity index (χ3n) is 3.74. The highest BCUT2D eigenvalue weighted by Crippen LogP contribution is 2.28. The van der Waals surface area contributed by atoms with E-state index in [2.05, 4.69) is 4.98 Å². The van der Waals surface area contributed by atoms with E-state index in [4.69, 9.17) is 4.74 Å². The number of halogens is 1. The number of fused-ring (bicyclic) bond motifs is 1. The summed E-state index contributed by atoms with van der Waals surface area (Å²) in [6.45, 7) is 2.43. The zero-order valence-electron chi connectivity index (χ0n) is 13.5. The Morgan fingerprint density at radius 1 is 1.25 bits per heavy atom. The molecule has 0 fully saturated rings. The molecule has 2 aromatic carbocycles. The summed E-state index contributed by atoms with van der Waals surface area (Å²) in [6, 6.07) is 11.7. The fraction of sp³-hybridized carbons (Fsp3) is 0.222. The second kappa shape index (κ2) is 7.05. The van der Waals surface area contributed by atoms with Gasteiger partial charge in [0.05, 0.1) is 18.0 Å². The van der Waals surface area contributed by atoms with Crippen LogP contribution in [0.1, 0.15) is 12.5 Å². The number of ether oxygens (including phenoxy) is 1. The van der Waals surface area contributed by atoms with Gasteiger partial charge in [0.15, 0.2) is 5.16 Å². The lowest BCUT2D eigenvalue weighted by Gasteiger charge is -2.12. The maximum absolute atomic E-state index is 13.5. The minimum Gasteiger partial charge on any atom is -0.496 e. The van der Waals surface area contributed by atoms with E-state index < -0.39 is 0 Å². The van der Waals surface area contributed by atoms with Gasteiger partial charge in [-0.3, -0.25) is 9.36 Å². The van der Waals surface area contributed by atoms with Crippen LogP contribution >= 0.6 is 11.8 Å². The van der Waals surface area contributed by atoms with E-state index in [1.165, 1.54) is 23.9 Å². The molecule has 0 spiro atoms. The second-order valence-electron chi connectivity index (χ2n) is 5.21. The van der Waals surface area contributed by atoms with Crippen LogP contribution in [0.3, 0.4) is 0 Å². The first kappa shape index (κ1) is 16.5. The average Bonchev–Trinajstić information content (AvgIpc) is 2.60. The topological polar surface area (TPSA) is 44.1 Å². The van der Waals surface area contributed by atoms with Gasteiger partial charge in [-0.15, -0.1) is 0 Å². The number of rotatable bonds is 5. The number of aromatic nitrogens is 2. The first-order valence-electron chi connectivity index (χ1n) is 7.58. The van der Waals surface area contributed by atoms with Gasteiger partial charge < -0.3 is 4.74 Å². The highest BCUT2D eigenvalue weighted by Gasteiger charge is 2.12. The Balaban J connectivity index is 1.99. The third kappa shape index (κ3) is 3.14. The Morgan fingerprint density at radius 3 is 2.79 bits per heavy atom. The number of para-hydroxylation sites is 1. The standard InChI is InChI=1S/C18H17FN2O2S/c1-3-21-17(22)14-6-4-5-7-15(14)20-18(21)24-11-12-10-13(19)8-9-16(12)23-2/h4-10H,3,11H2,1-2H3. The Bertz CT molecular complexity index is 940. The van der Waals surface area contributed by atoms with Crippen molar-refractivity contribution in [2.24, 2.45) is 0 Å². The van der Waals surface area contributed by atoms with Crippen LogP contribution in [0.4, 0.5) is 4.39 Å². The predicted molar refractivity (Wildman–Crippen MR) is 94.2 cm³/mol. The molecule has 0 aliphatic carbocycles. The van der Waals surface area contributed by atoms with Crippen molar-refractivity contribution in [2.45, 2.75) is 24.4 Å². The van der Waals surface area contributed by atoms with Crippen molar-refractivity contribution in [1.82, 2.24) is 9.55 Å². The third-order valence-corrected chi connectivity index (χ3v) is 4.77. The molecule has 0 bridgehead atoms. The predicted octanol–water partition coefficient (Wildman–Crippen LogP) is 3.86. The summed E-state index contributed by atoms with van der Waals surface area (Å²) < 4.78 is 20.4. The molecule has 0 aliphatic heterocycles. The highest BCUT2D eigenvalue weighted by molar-refractivity contribution is 7.98. The van der Waals surface area contributed by atoms with Gasteiger partial charge >= 0.3 is 0 Å². The summed E-state index contributed by atoms with van der Waals surface area (Å²) in [4.78, 5) is 17.2. The average molecular weight is 344 g/mol. The molecule has 1 heterocycles. The molecule has 3 aromatic rings. The first-order valence-corrected chi connectivity index (χ1v) is 8.57. The molecule has 0 saturated heterocycles. The molecule has 0 unspecified atom stereocenters. The fourth-order valence-corrected chi connectivity index (χ4v) is 3.58. The summed E-state index contributed by atoms with van der Waals surface area (Å²) in [5.41, 5.74) is 1.34. The first-order chi connectivity index (χ1) is 11.6. The molecule has 0 aliphatic rings. The SMILES string of the molecule is CCn1c(SCc2cc(F)ccc2OC)nc2ccccc2c1=O. The summed E-state index contributed by atoms with van der Waals surface area (Å²) in [7, 11) is 1.55. The Kier molecular flexibility index (Phi) is 4.85. The van der Waals surface area contributed by atoms with Gasteiger partial charge in [0.2, 0.25) is 0 Å². The van der Waals surface area contributed by atoms with Crippen molar-refractivity contribution in [3.8, 4) is 5.75 Å². The molecule has 0 radical (unpaired) electrons. The van der Waals surface area contributed by atoms with E-state index >= 15 is 0 Å². The van der Waals surface area contributed by atoms with Crippen molar-refractivity contribution >= 4 is 22.7 Å². The van der Waals surface area contributed by atoms with Crippen LogP contribution in [-0.4, -0.2) is 16.7 Å². The van der Waals surface area contributed by atoms with Crippen LogP contribution in [0.5, 0.6) is 5.75 Å². The maximum Gasteiger partial charge on any atom is 0.262 e. The monoisotopic (exact) mass is 344 g/mol. The quantitative estimate of drug-likeness (QED) is 0.521. The largest absolute Gasteiger partial charge is 0.496 e. The summed E-state index contributed by atoms with van der Waals surface area (Å²) in [5, 5.41) is 1.22. The zero-order chi connectivity index (χ0) is 17.1. The molecule has 124 valence electrons. The molecule has 1 aromatic heterocycles. The number of benzene rings is 2. The summed E-state index contributed by atoms with van der Waals surface area (Å²) in [5.74, 6) is 0.770. The molecule has 0 N–H and O–H groups in total. The number of thioether (sulfide) groups is 1. The van der Waals surface area contributed by atoms with Crippen LogP contribution in [0.15, 0.2) is 52.4 Å². The number of hydrogen-bond donors (Lipinski definition) is 0. The van der Waals surface area contributed by atoms with Crippen molar-refractivity contribution in [2.75, 3.05) is 7.11 Å². The van der Waals surface area contributed by atoms with Crippen LogP contribution in [0, 0.1) is 5.82 Å². The van der Waals surface area contributed by atoms with Gasteiger partial charge in [-0.25, -0.2) is 9.37 Å². The van der Waals surface area contributed by atoms with Gasteiger partial charge in [-0.1, -0.05) is 23.9 Å². The number of nitrogens with zero attached hydrogens (tertiary/aromatic N) is 2. The van der Waals surface area contributed by atoms with Gasteiger partial charge in [0.25, 0.3) is 5.56 Å². The Labute approximate surface area is 143 Å². The van der Waals surface area contributed by atoms with Crippen molar-refractivity contribution in [3.05, 3.63) is 64.2 Å². The maximum atomic E-state index is 13.5. The smallest absolute Gasteiger partial charge is 0.262 e. The minimum atomic E-state index is -0.314. The van der Waals surface area contributed by atoms with E-state index in [-0.39, 0.29) is 11.4 Å².